The highest BCUT2D eigenvalue weighted by atomic mass is 16.7. The molecule has 3 aromatic rings. The van der Waals surface area contributed by atoms with Crippen molar-refractivity contribution < 1.29 is 37.8 Å². The first kappa shape index (κ1) is 28.6. The highest BCUT2D eigenvalue weighted by molar-refractivity contribution is 5.87. The smallest absolute Gasteiger partial charge is 0.315 e. The highest BCUT2D eigenvalue weighted by Gasteiger charge is 2.29. The van der Waals surface area contributed by atoms with Crippen LogP contribution in [-0.4, -0.2) is 40.7 Å². The predicted octanol–water partition coefficient (Wildman–Crippen LogP) is 4.82. The fourth-order valence-corrected chi connectivity index (χ4v) is 4.53. The topological polar surface area (TPSA) is 143 Å². The molecule has 1 aromatic carbocycles. The molecular weight excluding hydrogens is 518 g/mol. The quantitative estimate of drug-likeness (QED) is 0.273. The van der Waals surface area contributed by atoms with Crippen molar-refractivity contribution in [2.24, 2.45) is 0 Å². The summed E-state index contributed by atoms with van der Waals surface area (Å²) in [4.78, 5) is 40.2. The van der Waals surface area contributed by atoms with Crippen LogP contribution in [0.15, 0.2) is 51.3 Å². The number of rotatable bonds is 13. The normalized spacial score (nSPS) is 13.5. The lowest BCUT2D eigenvalue weighted by Crippen LogP contribution is -2.51. The number of furan rings is 2. The van der Waals surface area contributed by atoms with Gasteiger partial charge in [0, 0.05) is 0 Å². The Labute approximate surface area is 232 Å². The zero-order valence-electron chi connectivity index (χ0n) is 22.9. The molecule has 0 unspecified atom stereocenters. The number of aliphatic carboxylic acids is 1. The highest BCUT2D eigenvalue weighted by Crippen LogP contribution is 2.34. The number of amides is 3. The summed E-state index contributed by atoms with van der Waals surface area (Å²) in [5.41, 5.74) is 0.543. The second-order valence-corrected chi connectivity index (χ2v) is 9.79. The molecule has 2 aromatic heterocycles. The van der Waals surface area contributed by atoms with Crippen molar-refractivity contribution in [3.05, 3.63) is 71.1 Å². The number of benzene rings is 1. The lowest BCUT2D eigenvalue weighted by atomic mass is 10.0. The number of urea groups is 1. The Hall–Kier alpha value is -4.41. The van der Waals surface area contributed by atoms with Gasteiger partial charge in [-0.25, -0.2) is 4.79 Å². The van der Waals surface area contributed by atoms with Gasteiger partial charge in [-0.3, -0.25) is 9.59 Å². The Morgan fingerprint density at radius 1 is 0.925 bits per heavy atom. The summed E-state index contributed by atoms with van der Waals surface area (Å²) < 4.78 is 22.2. The number of nitrogens with zero attached hydrogens (tertiary/aromatic N) is 1. The van der Waals surface area contributed by atoms with Crippen molar-refractivity contribution in [3.63, 3.8) is 0 Å². The zero-order valence-corrected chi connectivity index (χ0v) is 22.9. The maximum absolute atomic E-state index is 13.8. The molecule has 4 rings (SSSR count). The standard InChI is InChI=1S/C29H35N3O8/c1-4-5-6-23(28(35)32(15-21-10-7-18(2)39-21)16-22-11-8-19(3)40-22)30-29(36)31-24(14-27(33)34)20-9-12-25-26(13-20)38-17-37-25/h7-13,23-24H,4-6,14-17H2,1-3H3,(H,33,34)(H2,30,31,36)/t23-,24-/m0/s1. The first-order valence-electron chi connectivity index (χ1n) is 13.3. The van der Waals surface area contributed by atoms with Crippen LogP contribution in [0.25, 0.3) is 0 Å². The molecule has 3 N–H and O–H groups in total. The van der Waals surface area contributed by atoms with E-state index in [0.717, 1.165) is 17.9 Å². The number of carbonyl (C=O) groups is 3. The summed E-state index contributed by atoms with van der Waals surface area (Å²) in [7, 11) is 0. The van der Waals surface area contributed by atoms with E-state index in [1.165, 1.54) is 0 Å². The zero-order chi connectivity index (χ0) is 28.6. The van der Waals surface area contributed by atoms with Crippen molar-refractivity contribution in [1.29, 1.82) is 0 Å². The number of hydrogen-bond acceptors (Lipinski definition) is 7. The van der Waals surface area contributed by atoms with Crippen molar-refractivity contribution >= 4 is 17.9 Å². The molecule has 0 spiro atoms. The molecule has 0 bridgehead atoms. The molecule has 11 heteroatoms. The Bertz CT molecular complexity index is 1290. The van der Waals surface area contributed by atoms with Gasteiger partial charge < -0.3 is 38.9 Å². The van der Waals surface area contributed by atoms with Gasteiger partial charge in [0.2, 0.25) is 12.7 Å². The van der Waals surface area contributed by atoms with Gasteiger partial charge in [-0.15, -0.1) is 0 Å². The fourth-order valence-electron chi connectivity index (χ4n) is 4.53. The van der Waals surface area contributed by atoms with Gasteiger partial charge in [0.05, 0.1) is 25.6 Å². The molecule has 40 heavy (non-hydrogen) atoms. The van der Waals surface area contributed by atoms with E-state index in [9.17, 15) is 19.5 Å². The molecule has 1 aliphatic heterocycles. The minimum absolute atomic E-state index is 0.0726. The molecule has 214 valence electrons. The lowest BCUT2D eigenvalue weighted by molar-refractivity contribution is -0.138. The third kappa shape index (κ3) is 7.58. The largest absolute Gasteiger partial charge is 0.481 e. The second kappa shape index (κ2) is 13.1. The molecule has 3 amide bonds. The number of hydrogen-bond donors (Lipinski definition) is 3. The van der Waals surface area contributed by atoms with Crippen LogP contribution in [0.4, 0.5) is 4.79 Å². The number of fused-ring (bicyclic) bond motifs is 1. The Balaban J connectivity index is 1.51. The minimum atomic E-state index is -1.09. The summed E-state index contributed by atoms with van der Waals surface area (Å²) in [6.45, 7) is 6.11. The van der Waals surface area contributed by atoms with Crippen molar-refractivity contribution in [1.82, 2.24) is 15.5 Å². The number of aryl methyl sites for hydroxylation is 2. The van der Waals surface area contributed by atoms with E-state index in [1.54, 1.807) is 23.1 Å². The van der Waals surface area contributed by atoms with Gasteiger partial charge in [0.1, 0.15) is 29.1 Å². The molecule has 0 saturated carbocycles. The van der Waals surface area contributed by atoms with Crippen molar-refractivity contribution in [3.8, 4) is 11.5 Å². The third-order valence-electron chi connectivity index (χ3n) is 6.53. The van der Waals surface area contributed by atoms with E-state index in [2.05, 4.69) is 10.6 Å². The number of carbonyl (C=O) groups excluding carboxylic acids is 2. The second-order valence-electron chi connectivity index (χ2n) is 9.79. The minimum Gasteiger partial charge on any atom is -0.481 e. The SMILES string of the molecule is CCCC[C@H](NC(=O)N[C@@H](CC(=O)O)c1ccc2c(c1)OCO2)C(=O)N(Cc1ccc(C)o1)Cc1ccc(C)o1. The van der Waals surface area contributed by atoms with Crippen LogP contribution in [0, 0.1) is 13.8 Å². The number of carboxylic acid groups (broad SMARTS) is 1. The summed E-state index contributed by atoms with van der Waals surface area (Å²) >= 11 is 0. The monoisotopic (exact) mass is 553 g/mol. The van der Waals surface area contributed by atoms with Crippen LogP contribution in [0.5, 0.6) is 11.5 Å². The molecule has 2 atom stereocenters. The first-order chi connectivity index (χ1) is 19.2. The number of carboxylic acids is 1. The third-order valence-corrected chi connectivity index (χ3v) is 6.53. The van der Waals surface area contributed by atoms with Crippen LogP contribution in [-0.2, 0) is 22.7 Å². The molecule has 0 radical (unpaired) electrons. The van der Waals surface area contributed by atoms with Gasteiger partial charge in [-0.2, -0.15) is 0 Å². The van der Waals surface area contributed by atoms with Crippen LogP contribution in [0.2, 0.25) is 0 Å². The van der Waals surface area contributed by atoms with Gasteiger partial charge >= 0.3 is 12.0 Å². The number of unbranched alkanes of at least 4 members (excludes halogenated alkanes) is 1. The summed E-state index contributed by atoms with van der Waals surface area (Å²) in [5, 5.41) is 15.0. The fraction of sp³-hybridized carbons (Fsp3) is 0.414. The first-order valence-corrected chi connectivity index (χ1v) is 13.3. The van der Waals surface area contributed by atoms with E-state index >= 15 is 0 Å². The van der Waals surface area contributed by atoms with Crippen LogP contribution < -0.4 is 20.1 Å². The van der Waals surface area contributed by atoms with Crippen molar-refractivity contribution in [2.75, 3.05) is 6.79 Å². The molecular formula is C29H35N3O8. The van der Waals surface area contributed by atoms with Crippen molar-refractivity contribution in [2.45, 2.75) is 71.6 Å². The van der Waals surface area contributed by atoms with E-state index in [4.69, 9.17) is 18.3 Å². The van der Waals surface area contributed by atoms with Gasteiger partial charge in [-0.1, -0.05) is 25.8 Å². The molecule has 3 heterocycles. The molecule has 1 aliphatic rings. The van der Waals surface area contributed by atoms with E-state index < -0.39 is 24.1 Å². The van der Waals surface area contributed by atoms with Crippen LogP contribution >= 0.6 is 0 Å². The molecule has 0 aliphatic carbocycles. The summed E-state index contributed by atoms with van der Waals surface area (Å²) in [6.07, 6.45) is 1.56. The Morgan fingerprint density at radius 2 is 1.57 bits per heavy atom. The lowest BCUT2D eigenvalue weighted by Gasteiger charge is -2.28. The predicted molar refractivity (Wildman–Crippen MR) is 144 cm³/mol. The van der Waals surface area contributed by atoms with Gasteiger partial charge in [0.25, 0.3) is 0 Å². The summed E-state index contributed by atoms with van der Waals surface area (Å²) in [5.74, 6) is 2.30. The van der Waals surface area contributed by atoms with E-state index in [0.29, 0.717) is 41.4 Å². The Kier molecular flexibility index (Phi) is 9.36. The number of nitrogens with one attached hydrogen (secondary N) is 2. The van der Waals surface area contributed by atoms with E-state index in [-0.39, 0.29) is 32.2 Å². The maximum Gasteiger partial charge on any atom is 0.315 e. The van der Waals surface area contributed by atoms with Crippen LogP contribution in [0.1, 0.15) is 67.3 Å². The average Bonchev–Trinajstić information content (AvgIpc) is 3.66. The Morgan fingerprint density at radius 3 is 2.15 bits per heavy atom. The molecule has 0 saturated heterocycles. The van der Waals surface area contributed by atoms with Gasteiger partial charge in [0.15, 0.2) is 11.5 Å². The molecule has 0 fully saturated rings. The summed E-state index contributed by atoms with van der Waals surface area (Å²) in [6, 6.07) is 9.91. The van der Waals surface area contributed by atoms with E-state index in [1.807, 2.05) is 45.0 Å². The van der Waals surface area contributed by atoms with Crippen LogP contribution in [0.3, 0.4) is 0 Å². The van der Waals surface area contributed by atoms with Gasteiger partial charge in [-0.05, 0) is 62.2 Å². The average molecular weight is 554 g/mol. The molecule has 11 nitrogen and oxygen atoms in total. The maximum atomic E-state index is 13.8. The number of ether oxygens (including phenoxy) is 2.